The van der Waals surface area contributed by atoms with Gasteiger partial charge in [-0.1, -0.05) is 0 Å². The molecule has 1 saturated heterocycles. The number of rotatable bonds is 3. The summed E-state index contributed by atoms with van der Waals surface area (Å²) in [6.45, 7) is 4.28. The smallest absolute Gasteiger partial charge is 0.222 e. The Bertz CT molecular complexity index is 159. The second-order valence-corrected chi connectivity index (χ2v) is 4.27. The maximum absolute atomic E-state index is 10.3. The molecule has 0 bridgehead atoms. The van der Waals surface area contributed by atoms with Crippen molar-refractivity contribution in [1.82, 2.24) is 4.90 Å². The van der Waals surface area contributed by atoms with Crippen molar-refractivity contribution in [3.8, 4) is 0 Å². The van der Waals surface area contributed by atoms with Gasteiger partial charge in [0, 0.05) is 36.4 Å². The quantitative estimate of drug-likeness (QED) is 0.485. The summed E-state index contributed by atoms with van der Waals surface area (Å²) < 4.78 is 0. The topological polar surface area (TPSA) is 46.4 Å². The van der Waals surface area contributed by atoms with E-state index in [4.69, 9.17) is 0 Å². The molecule has 4 nitrogen and oxygen atoms in total. The van der Waals surface area contributed by atoms with Crippen molar-refractivity contribution in [2.45, 2.75) is 13.0 Å². The van der Waals surface area contributed by atoms with Crippen LogP contribution in [0.1, 0.15) is 6.92 Å². The summed E-state index contributed by atoms with van der Waals surface area (Å²) in [6, 6.07) is -0.423. The van der Waals surface area contributed by atoms with E-state index in [1.54, 1.807) is 6.92 Å². The van der Waals surface area contributed by atoms with Gasteiger partial charge < -0.3 is 0 Å². The van der Waals surface area contributed by atoms with Crippen LogP contribution in [0.3, 0.4) is 0 Å². The third-order valence-electron chi connectivity index (χ3n) is 1.99. The van der Waals surface area contributed by atoms with Gasteiger partial charge in [-0.2, -0.15) is 11.8 Å². The Morgan fingerprint density at radius 1 is 1.58 bits per heavy atom. The number of thioether (sulfide) groups is 1. The Kier molecular flexibility index (Phi) is 3.81. The molecule has 1 fully saturated rings. The minimum Gasteiger partial charge on any atom is -0.295 e. The molecule has 5 heteroatoms. The predicted octanol–water partition coefficient (Wildman–Crippen LogP) is 0.700. The van der Waals surface area contributed by atoms with Crippen LogP contribution in [0.4, 0.5) is 0 Å². The number of hydrogen-bond acceptors (Lipinski definition) is 4. The molecule has 0 spiro atoms. The van der Waals surface area contributed by atoms with Crippen LogP contribution in [0.5, 0.6) is 0 Å². The summed E-state index contributed by atoms with van der Waals surface area (Å²) in [7, 11) is 0. The third kappa shape index (κ3) is 2.98. The lowest BCUT2D eigenvalue weighted by Gasteiger charge is -2.25. The van der Waals surface area contributed by atoms with Crippen molar-refractivity contribution in [2.75, 3.05) is 31.1 Å². The average Bonchev–Trinajstić information content (AvgIpc) is 2.06. The molecular weight excluding hydrogens is 176 g/mol. The standard InChI is InChI=1S/C7H14N2O2S/c1-7(9(10)11)6-8-2-4-12-5-3-8/h7H,2-6H2,1H3. The van der Waals surface area contributed by atoms with Gasteiger partial charge in [0.15, 0.2) is 0 Å². The summed E-state index contributed by atoms with van der Waals surface area (Å²) >= 11 is 1.92. The summed E-state index contributed by atoms with van der Waals surface area (Å²) in [4.78, 5) is 12.3. The van der Waals surface area contributed by atoms with Crippen LogP contribution in [0.25, 0.3) is 0 Å². The molecule has 1 unspecified atom stereocenters. The van der Waals surface area contributed by atoms with Crippen LogP contribution in [-0.2, 0) is 0 Å². The highest BCUT2D eigenvalue weighted by atomic mass is 32.2. The van der Waals surface area contributed by atoms with E-state index in [-0.39, 0.29) is 4.92 Å². The second kappa shape index (κ2) is 4.67. The molecule has 1 aliphatic rings. The van der Waals surface area contributed by atoms with Crippen molar-refractivity contribution in [2.24, 2.45) is 0 Å². The van der Waals surface area contributed by atoms with Gasteiger partial charge >= 0.3 is 0 Å². The van der Waals surface area contributed by atoms with Crippen LogP contribution in [0, 0.1) is 10.1 Å². The molecule has 0 aromatic heterocycles. The van der Waals surface area contributed by atoms with Gasteiger partial charge in [-0.05, 0) is 0 Å². The monoisotopic (exact) mass is 190 g/mol. The number of nitro groups is 1. The Balaban J connectivity index is 2.24. The molecule has 0 saturated carbocycles. The first-order chi connectivity index (χ1) is 5.70. The molecule has 12 heavy (non-hydrogen) atoms. The molecule has 0 N–H and O–H groups in total. The second-order valence-electron chi connectivity index (χ2n) is 3.05. The van der Waals surface area contributed by atoms with Gasteiger partial charge in [0.2, 0.25) is 6.04 Å². The molecule has 1 atom stereocenters. The summed E-state index contributed by atoms with van der Waals surface area (Å²) in [5, 5.41) is 10.3. The molecule has 0 aliphatic carbocycles. The van der Waals surface area contributed by atoms with Gasteiger partial charge in [0.25, 0.3) is 0 Å². The number of hydrogen-bond donors (Lipinski definition) is 0. The fraction of sp³-hybridized carbons (Fsp3) is 1.00. The Morgan fingerprint density at radius 2 is 2.17 bits per heavy atom. The first kappa shape index (κ1) is 9.80. The van der Waals surface area contributed by atoms with E-state index in [0.717, 1.165) is 24.6 Å². The van der Waals surface area contributed by atoms with Crippen molar-refractivity contribution in [3.63, 3.8) is 0 Å². The Labute approximate surface area is 76.5 Å². The van der Waals surface area contributed by atoms with Crippen molar-refractivity contribution in [1.29, 1.82) is 0 Å². The number of nitrogens with zero attached hydrogens (tertiary/aromatic N) is 2. The molecule has 1 aliphatic heterocycles. The lowest BCUT2D eigenvalue weighted by Crippen LogP contribution is -2.39. The van der Waals surface area contributed by atoms with Crippen LogP contribution in [-0.4, -0.2) is 47.0 Å². The third-order valence-corrected chi connectivity index (χ3v) is 2.93. The van der Waals surface area contributed by atoms with E-state index in [1.807, 2.05) is 11.8 Å². The molecule has 0 radical (unpaired) electrons. The molecule has 0 amide bonds. The zero-order valence-electron chi connectivity index (χ0n) is 7.23. The minimum atomic E-state index is -0.423. The molecule has 70 valence electrons. The fourth-order valence-corrected chi connectivity index (χ4v) is 2.20. The van der Waals surface area contributed by atoms with Gasteiger partial charge in [-0.3, -0.25) is 15.0 Å². The first-order valence-corrected chi connectivity index (χ1v) is 5.29. The largest absolute Gasteiger partial charge is 0.295 e. The Morgan fingerprint density at radius 3 is 2.67 bits per heavy atom. The highest BCUT2D eigenvalue weighted by molar-refractivity contribution is 7.99. The molecule has 0 aromatic carbocycles. The molecule has 1 rings (SSSR count). The maximum Gasteiger partial charge on any atom is 0.222 e. The van der Waals surface area contributed by atoms with Crippen molar-refractivity contribution in [3.05, 3.63) is 10.1 Å². The normalized spacial score (nSPS) is 22.1. The van der Waals surface area contributed by atoms with E-state index in [0.29, 0.717) is 6.54 Å². The van der Waals surface area contributed by atoms with Crippen LogP contribution in [0.15, 0.2) is 0 Å². The van der Waals surface area contributed by atoms with E-state index in [1.165, 1.54) is 0 Å². The lowest BCUT2D eigenvalue weighted by atomic mass is 10.3. The summed E-state index contributed by atoms with van der Waals surface area (Å²) in [5.41, 5.74) is 0. The van der Waals surface area contributed by atoms with E-state index < -0.39 is 6.04 Å². The van der Waals surface area contributed by atoms with Gasteiger partial charge in [0.1, 0.15) is 0 Å². The van der Waals surface area contributed by atoms with Crippen molar-refractivity contribution < 1.29 is 4.92 Å². The predicted molar refractivity (Wildman–Crippen MR) is 50.2 cm³/mol. The molecular formula is C7H14N2O2S. The highest BCUT2D eigenvalue weighted by Crippen LogP contribution is 2.09. The summed E-state index contributed by atoms with van der Waals surface area (Å²) in [5.74, 6) is 2.23. The first-order valence-electron chi connectivity index (χ1n) is 4.13. The van der Waals surface area contributed by atoms with Gasteiger partial charge in [0.05, 0.1) is 6.54 Å². The van der Waals surface area contributed by atoms with E-state index in [9.17, 15) is 10.1 Å². The minimum absolute atomic E-state index is 0.207. The van der Waals surface area contributed by atoms with Crippen LogP contribution >= 0.6 is 11.8 Å². The zero-order chi connectivity index (χ0) is 8.97. The SMILES string of the molecule is CC(CN1CCSCC1)[N+](=O)[O-]. The maximum atomic E-state index is 10.3. The average molecular weight is 190 g/mol. The summed E-state index contributed by atoms with van der Waals surface area (Å²) in [6.07, 6.45) is 0. The van der Waals surface area contributed by atoms with Crippen LogP contribution in [0.2, 0.25) is 0 Å². The lowest BCUT2D eigenvalue weighted by molar-refractivity contribution is -0.518. The Hall–Kier alpha value is -0.290. The zero-order valence-corrected chi connectivity index (χ0v) is 8.05. The fourth-order valence-electron chi connectivity index (χ4n) is 1.22. The van der Waals surface area contributed by atoms with Gasteiger partial charge in [-0.25, -0.2) is 0 Å². The van der Waals surface area contributed by atoms with E-state index in [2.05, 4.69) is 4.90 Å². The highest BCUT2D eigenvalue weighted by Gasteiger charge is 2.19. The molecule has 0 aromatic rings. The molecule has 1 heterocycles. The van der Waals surface area contributed by atoms with Gasteiger partial charge in [-0.15, -0.1) is 0 Å². The van der Waals surface area contributed by atoms with Crippen LogP contribution < -0.4 is 0 Å². The van der Waals surface area contributed by atoms with E-state index >= 15 is 0 Å². The van der Waals surface area contributed by atoms with Crippen molar-refractivity contribution >= 4 is 11.8 Å².